The Balaban J connectivity index is 1.67. The molecule has 0 radical (unpaired) electrons. The van der Waals surface area contributed by atoms with Gasteiger partial charge in [0, 0.05) is 29.4 Å². The first kappa shape index (κ1) is 20.4. The first-order chi connectivity index (χ1) is 15.0. The van der Waals surface area contributed by atoms with Crippen LogP contribution in [0.1, 0.15) is 59.2 Å². The average Bonchev–Trinajstić information content (AvgIpc) is 3.41. The van der Waals surface area contributed by atoms with Crippen LogP contribution < -0.4 is 0 Å². The number of para-hydroxylation sites is 1. The summed E-state index contributed by atoms with van der Waals surface area (Å²) in [5.41, 5.74) is 8.93. The second kappa shape index (κ2) is 7.86. The van der Waals surface area contributed by atoms with Crippen molar-refractivity contribution in [3.8, 4) is 5.69 Å². The highest BCUT2D eigenvalue weighted by Crippen LogP contribution is 2.50. The van der Waals surface area contributed by atoms with Crippen LogP contribution in [0.2, 0.25) is 0 Å². The number of hydrogen-bond acceptors (Lipinski definition) is 4. The summed E-state index contributed by atoms with van der Waals surface area (Å²) in [6.45, 7) is 11.2. The average molecular weight is 431 g/mol. The predicted octanol–water partition coefficient (Wildman–Crippen LogP) is 6.09. The van der Waals surface area contributed by atoms with Gasteiger partial charge in [-0.1, -0.05) is 43.0 Å². The van der Waals surface area contributed by atoms with Crippen molar-refractivity contribution in [3.63, 3.8) is 0 Å². The second-order valence-electron chi connectivity index (χ2n) is 8.74. The third kappa shape index (κ3) is 3.21. The maximum Gasteiger partial charge on any atom is 0.160 e. The van der Waals surface area contributed by atoms with Gasteiger partial charge in [0.1, 0.15) is 6.04 Å². The zero-order valence-corrected chi connectivity index (χ0v) is 19.8. The quantitative estimate of drug-likeness (QED) is 0.502. The van der Waals surface area contributed by atoms with E-state index in [0.717, 1.165) is 17.9 Å². The first-order valence-corrected chi connectivity index (χ1v) is 12.1. The summed E-state index contributed by atoms with van der Waals surface area (Å²) in [5, 5.41) is 1.18. The minimum absolute atomic E-state index is 0.0324. The molecule has 31 heavy (non-hydrogen) atoms. The van der Waals surface area contributed by atoms with Crippen LogP contribution in [-0.2, 0) is 0 Å². The number of pyridine rings is 1. The van der Waals surface area contributed by atoms with Gasteiger partial charge in [-0.05, 0) is 69.0 Å². The molecule has 4 heterocycles. The molecule has 2 aromatic heterocycles. The molecule has 0 aliphatic carbocycles. The summed E-state index contributed by atoms with van der Waals surface area (Å²) in [5.74, 6) is 1.12. The molecule has 2 aliphatic rings. The lowest BCUT2D eigenvalue weighted by Crippen LogP contribution is -2.35. The van der Waals surface area contributed by atoms with Crippen molar-refractivity contribution >= 4 is 16.9 Å². The van der Waals surface area contributed by atoms with Crippen LogP contribution in [-0.4, -0.2) is 31.4 Å². The molecule has 0 amide bonds. The van der Waals surface area contributed by atoms with Gasteiger partial charge in [0.2, 0.25) is 0 Å². The van der Waals surface area contributed by atoms with E-state index in [4.69, 9.17) is 9.98 Å². The number of fused-ring (bicyclic) bond motifs is 1. The fourth-order valence-corrected chi connectivity index (χ4v) is 6.61. The Bertz CT molecular complexity index is 1130. The molecule has 0 spiro atoms. The number of thioether (sulfide) groups is 1. The number of rotatable bonds is 4. The van der Waals surface area contributed by atoms with Crippen LogP contribution in [0.25, 0.3) is 5.69 Å². The highest BCUT2D eigenvalue weighted by molar-refractivity contribution is 8.14. The second-order valence-corrected chi connectivity index (χ2v) is 9.73. The molecule has 3 atom stereocenters. The molecule has 1 aromatic carbocycles. The van der Waals surface area contributed by atoms with Gasteiger partial charge < -0.3 is 9.47 Å². The summed E-state index contributed by atoms with van der Waals surface area (Å²) in [6, 6.07) is 15.9. The SMILES string of the molecule is CC[C@H]1CSC2=N[C@H](c3ccccn3)[C@@H](c3cc(C)n(-c4c(C)cccc4C)c3C)N21. The lowest BCUT2D eigenvalue weighted by Gasteiger charge is -2.32. The maximum atomic E-state index is 5.20. The van der Waals surface area contributed by atoms with Crippen LogP contribution in [0.3, 0.4) is 0 Å². The maximum absolute atomic E-state index is 5.20. The Morgan fingerprint density at radius 2 is 1.81 bits per heavy atom. The van der Waals surface area contributed by atoms with E-state index in [-0.39, 0.29) is 12.1 Å². The normalized spacial score (nSPS) is 22.7. The Morgan fingerprint density at radius 1 is 1.03 bits per heavy atom. The van der Waals surface area contributed by atoms with Crippen LogP contribution in [0.4, 0.5) is 0 Å². The minimum Gasteiger partial charge on any atom is -0.338 e. The highest BCUT2D eigenvalue weighted by Gasteiger charge is 2.46. The van der Waals surface area contributed by atoms with Crippen molar-refractivity contribution in [3.05, 3.63) is 82.4 Å². The summed E-state index contributed by atoms with van der Waals surface area (Å²) in [7, 11) is 0. The van der Waals surface area contributed by atoms with Crippen LogP contribution in [0.5, 0.6) is 0 Å². The predicted molar refractivity (Wildman–Crippen MR) is 130 cm³/mol. The molecule has 1 saturated heterocycles. The minimum atomic E-state index is 0.0324. The van der Waals surface area contributed by atoms with Gasteiger partial charge in [-0.25, -0.2) is 0 Å². The zero-order valence-electron chi connectivity index (χ0n) is 19.0. The topological polar surface area (TPSA) is 33.4 Å². The van der Waals surface area contributed by atoms with Gasteiger partial charge in [0.15, 0.2) is 5.17 Å². The molecular formula is C26H30N4S. The number of aromatic nitrogens is 2. The van der Waals surface area contributed by atoms with E-state index >= 15 is 0 Å². The zero-order chi connectivity index (χ0) is 21.7. The van der Waals surface area contributed by atoms with Crippen molar-refractivity contribution in [2.24, 2.45) is 4.99 Å². The number of aryl methyl sites for hydroxylation is 3. The Hall–Kier alpha value is -2.53. The summed E-state index contributed by atoms with van der Waals surface area (Å²) < 4.78 is 2.44. The summed E-state index contributed by atoms with van der Waals surface area (Å²) >= 11 is 1.90. The van der Waals surface area contributed by atoms with Crippen LogP contribution >= 0.6 is 11.8 Å². The van der Waals surface area contributed by atoms with E-state index in [1.54, 1.807) is 0 Å². The first-order valence-electron chi connectivity index (χ1n) is 11.2. The number of hydrogen-bond donors (Lipinski definition) is 0. The number of benzene rings is 1. The molecule has 0 N–H and O–H groups in total. The summed E-state index contributed by atoms with van der Waals surface area (Å²) in [4.78, 5) is 12.5. The van der Waals surface area contributed by atoms with E-state index in [2.05, 4.69) is 80.5 Å². The molecule has 5 rings (SSSR count). The molecule has 1 fully saturated rings. The van der Waals surface area contributed by atoms with E-state index in [1.807, 2.05) is 24.0 Å². The van der Waals surface area contributed by atoms with Crippen molar-refractivity contribution in [1.82, 2.24) is 14.5 Å². The van der Waals surface area contributed by atoms with Gasteiger partial charge in [0.25, 0.3) is 0 Å². The van der Waals surface area contributed by atoms with E-state index in [0.29, 0.717) is 6.04 Å². The van der Waals surface area contributed by atoms with Crippen molar-refractivity contribution in [2.45, 2.75) is 59.2 Å². The van der Waals surface area contributed by atoms with E-state index < -0.39 is 0 Å². The van der Waals surface area contributed by atoms with Gasteiger partial charge in [0.05, 0.1) is 17.4 Å². The molecule has 160 valence electrons. The van der Waals surface area contributed by atoms with Crippen molar-refractivity contribution in [2.75, 3.05) is 5.75 Å². The Labute approximate surface area is 189 Å². The van der Waals surface area contributed by atoms with Crippen LogP contribution in [0, 0.1) is 27.7 Å². The van der Waals surface area contributed by atoms with Gasteiger partial charge in [-0.15, -0.1) is 0 Å². The highest BCUT2D eigenvalue weighted by atomic mass is 32.2. The molecule has 4 nitrogen and oxygen atoms in total. The lowest BCUT2D eigenvalue weighted by molar-refractivity contribution is 0.254. The molecule has 5 heteroatoms. The fourth-order valence-electron chi connectivity index (χ4n) is 5.28. The molecule has 0 bridgehead atoms. The monoisotopic (exact) mass is 430 g/mol. The lowest BCUT2D eigenvalue weighted by atomic mass is 9.95. The largest absolute Gasteiger partial charge is 0.338 e. The standard InChI is InChI=1S/C26H30N4S/c1-6-20-15-31-26-28-23(22-12-7-8-13-27-22)25(30(20)26)21-14-18(4)29(19(21)5)24-16(2)10-9-11-17(24)3/h7-14,20,23,25H,6,15H2,1-5H3/t20-,23+,25+/m0/s1. The van der Waals surface area contributed by atoms with Gasteiger partial charge in [-0.3, -0.25) is 9.98 Å². The molecule has 2 aliphatic heterocycles. The molecule has 0 saturated carbocycles. The summed E-state index contributed by atoms with van der Waals surface area (Å²) in [6.07, 6.45) is 3.02. The van der Waals surface area contributed by atoms with Crippen LogP contribution in [0.15, 0.2) is 53.7 Å². The third-order valence-electron chi connectivity index (χ3n) is 6.78. The van der Waals surface area contributed by atoms with Gasteiger partial charge in [-0.2, -0.15) is 0 Å². The van der Waals surface area contributed by atoms with E-state index in [9.17, 15) is 0 Å². The van der Waals surface area contributed by atoms with Gasteiger partial charge >= 0.3 is 0 Å². The van der Waals surface area contributed by atoms with E-state index in [1.165, 1.54) is 38.9 Å². The number of aliphatic imine (C=N–C) groups is 1. The Kier molecular flexibility index (Phi) is 5.17. The third-order valence-corrected chi connectivity index (χ3v) is 7.91. The fraction of sp³-hybridized carbons (Fsp3) is 0.385. The number of amidine groups is 1. The Morgan fingerprint density at radius 3 is 2.48 bits per heavy atom. The number of nitrogens with zero attached hydrogens (tertiary/aromatic N) is 4. The molecule has 3 aromatic rings. The van der Waals surface area contributed by atoms with Crippen molar-refractivity contribution < 1.29 is 0 Å². The van der Waals surface area contributed by atoms with Crippen molar-refractivity contribution in [1.29, 1.82) is 0 Å². The molecular weight excluding hydrogens is 400 g/mol. The molecule has 0 unspecified atom stereocenters. The smallest absolute Gasteiger partial charge is 0.160 e.